The fourth-order valence-electron chi connectivity index (χ4n) is 2.37. The number of anilines is 1. The average molecular weight is 249 g/mol. The van der Waals surface area contributed by atoms with Crippen LogP contribution in [-0.4, -0.2) is 19.7 Å². The predicted molar refractivity (Wildman–Crippen MR) is 67.7 cm³/mol. The van der Waals surface area contributed by atoms with E-state index in [0.717, 1.165) is 17.3 Å². The Bertz CT molecular complexity index is 524. The van der Waals surface area contributed by atoms with Crippen molar-refractivity contribution in [3.8, 4) is 11.5 Å². The highest BCUT2D eigenvalue weighted by atomic mass is 32.1. The van der Waals surface area contributed by atoms with E-state index in [0.29, 0.717) is 11.0 Å². The molecule has 6 heteroatoms. The number of nitrogens with two attached hydrogens (primary N) is 1. The first kappa shape index (κ1) is 10.7. The van der Waals surface area contributed by atoms with Crippen molar-refractivity contribution in [2.45, 2.75) is 31.6 Å². The Kier molecular flexibility index (Phi) is 2.58. The first-order chi connectivity index (χ1) is 8.24. The number of aromatic nitrogens is 4. The van der Waals surface area contributed by atoms with Gasteiger partial charge in [-0.25, -0.2) is 14.6 Å². The van der Waals surface area contributed by atoms with E-state index in [1.165, 1.54) is 37.0 Å². The fraction of sp³-hybridized carbons (Fsp3) is 0.545. The van der Waals surface area contributed by atoms with Crippen LogP contribution in [0.1, 0.15) is 37.4 Å². The lowest BCUT2D eigenvalue weighted by molar-refractivity contribution is 0.648. The average Bonchev–Trinajstić information content (AvgIpc) is 2.97. The van der Waals surface area contributed by atoms with Crippen molar-refractivity contribution >= 4 is 16.5 Å². The number of hydrogen-bond acceptors (Lipinski definition) is 5. The summed E-state index contributed by atoms with van der Waals surface area (Å²) >= 11 is 1.44. The molecular formula is C11H15N5S. The highest BCUT2D eigenvalue weighted by molar-refractivity contribution is 7.13. The zero-order valence-electron chi connectivity index (χ0n) is 9.76. The molecule has 1 fully saturated rings. The molecule has 0 aliphatic heterocycles. The highest BCUT2D eigenvalue weighted by Gasteiger charge is 2.23. The monoisotopic (exact) mass is 249 g/mol. The largest absolute Gasteiger partial charge is 0.375 e. The molecule has 0 bridgehead atoms. The van der Waals surface area contributed by atoms with Crippen molar-refractivity contribution in [3.63, 3.8) is 0 Å². The standard InChI is InChI=1S/C11H15N5S/c1-16-10(8-6-17-11(12)13-8)14-9(15-16)7-4-2-3-5-7/h6-7H,2-5H2,1H3,(H2,12,13). The van der Waals surface area contributed by atoms with Crippen molar-refractivity contribution in [2.24, 2.45) is 7.05 Å². The van der Waals surface area contributed by atoms with Crippen LogP contribution in [0.2, 0.25) is 0 Å². The smallest absolute Gasteiger partial charge is 0.180 e. The maximum atomic E-state index is 5.64. The number of nitrogen functional groups attached to an aromatic ring is 1. The first-order valence-electron chi connectivity index (χ1n) is 5.86. The Hall–Kier alpha value is -1.43. The van der Waals surface area contributed by atoms with Crippen molar-refractivity contribution < 1.29 is 0 Å². The normalized spacial score (nSPS) is 16.8. The molecule has 2 aromatic rings. The molecule has 90 valence electrons. The van der Waals surface area contributed by atoms with Gasteiger partial charge in [0.25, 0.3) is 0 Å². The second-order valence-corrected chi connectivity index (χ2v) is 5.36. The number of rotatable bonds is 2. The van der Waals surface area contributed by atoms with Crippen LogP contribution in [-0.2, 0) is 7.05 Å². The summed E-state index contributed by atoms with van der Waals surface area (Å²) in [5.74, 6) is 2.32. The van der Waals surface area contributed by atoms with Gasteiger partial charge in [-0.15, -0.1) is 11.3 Å². The van der Waals surface area contributed by atoms with Gasteiger partial charge in [-0.05, 0) is 12.8 Å². The fourth-order valence-corrected chi connectivity index (χ4v) is 2.92. The van der Waals surface area contributed by atoms with E-state index in [4.69, 9.17) is 5.73 Å². The second-order valence-electron chi connectivity index (χ2n) is 4.47. The van der Waals surface area contributed by atoms with Crippen LogP contribution in [0.15, 0.2) is 5.38 Å². The Morgan fingerprint density at radius 3 is 2.76 bits per heavy atom. The maximum Gasteiger partial charge on any atom is 0.180 e. The maximum absolute atomic E-state index is 5.64. The van der Waals surface area contributed by atoms with Crippen molar-refractivity contribution in [1.82, 2.24) is 19.7 Å². The molecule has 1 aliphatic carbocycles. The second kappa shape index (κ2) is 4.10. The van der Waals surface area contributed by atoms with Crippen LogP contribution in [0.4, 0.5) is 5.13 Å². The minimum Gasteiger partial charge on any atom is -0.375 e. The van der Waals surface area contributed by atoms with Crippen molar-refractivity contribution in [3.05, 3.63) is 11.2 Å². The summed E-state index contributed by atoms with van der Waals surface area (Å²) in [5, 5.41) is 7.01. The molecule has 0 spiro atoms. The van der Waals surface area contributed by atoms with E-state index in [9.17, 15) is 0 Å². The van der Waals surface area contributed by atoms with Gasteiger partial charge in [0.2, 0.25) is 0 Å². The molecule has 0 aromatic carbocycles. The van der Waals surface area contributed by atoms with E-state index < -0.39 is 0 Å². The molecule has 1 aliphatic rings. The van der Waals surface area contributed by atoms with E-state index in [-0.39, 0.29) is 0 Å². The lowest BCUT2D eigenvalue weighted by atomic mass is 10.1. The van der Waals surface area contributed by atoms with Crippen LogP contribution in [0.25, 0.3) is 11.5 Å². The molecule has 5 nitrogen and oxygen atoms in total. The number of hydrogen-bond donors (Lipinski definition) is 1. The van der Waals surface area contributed by atoms with Gasteiger partial charge in [-0.1, -0.05) is 12.8 Å². The summed E-state index contributed by atoms with van der Waals surface area (Å²) in [7, 11) is 1.91. The third kappa shape index (κ3) is 1.93. The summed E-state index contributed by atoms with van der Waals surface area (Å²) in [4.78, 5) is 8.87. The van der Waals surface area contributed by atoms with Gasteiger partial charge in [0.15, 0.2) is 16.8 Å². The molecule has 2 heterocycles. The van der Waals surface area contributed by atoms with Crippen LogP contribution >= 0.6 is 11.3 Å². The first-order valence-corrected chi connectivity index (χ1v) is 6.74. The Labute approximate surface area is 104 Å². The molecule has 0 unspecified atom stereocenters. The summed E-state index contributed by atoms with van der Waals surface area (Å²) in [6, 6.07) is 0. The van der Waals surface area contributed by atoms with E-state index in [1.54, 1.807) is 0 Å². The van der Waals surface area contributed by atoms with Crippen LogP contribution < -0.4 is 5.73 Å². The minimum absolute atomic E-state index is 0.533. The Balaban J connectivity index is 1.95. The molecule has 2 aromatic heterocycles. The topological polar surface area (TPSA) is 69.6 Å². The molecule has 0 atom stereocenters. The summed E-state index contributed by atoms with van der Waals surface area (Å²) in [5.41, 5.74) is 6.47. The molecular weight excluding hydrogens is 234 g/mol. The highest BCUT2D eigenvalue weighted by Crippen LogP contribution is 2.33. The van der Waals surface area contributed by atoms with Gasteiger partial charge in [0.05, 0.1) is 0 Å². The zero-order chi connectivity index (χ0) is 11.8. The number of thiazole rings is 1. The zero-order valence-corrected chi connectivity index (χ0v) is 10.6. The van der Waals surface area contributed by atoms with E-state index >= 15 is 0 Å². The molecule has 2 N–H and O–H groups in total. The van der Waals surface area contributed by atoms with Gasteiger partial charge in [0, 0.05) is 18.3 Å². The molecule has 3 rings (SSSR count). The van der Waals surface area contributed by atoms with E-state index in [1.807, 2.05) is 17.1 Å². The molecule has 0 saturated heterocycles. The van der Waals surface area contributed by atoms with E-state index in [2.05, 4.69) is 15.1 Å². The lowest BCUT2D eigenvalue weighted by Gasteiger charge is -2.00. The quantitative estimate of drug-likeness (QED) is 0.885. The van der Waals surface area contributed by atoms with Crippen LogP contribution in [0.5, 0.6) is 0 Å². The lowest BCUT2D eigenvalue weighted by Crippen LogP contribution is -1.97. The van der Waals surface area contributed by atoms with Crippen molar-refractivity contribution in [2.75, 3.05) is 5.73 Å². The SMILES string of the molecule is Cn1nc(C2CCCC2)nc1-c1csc(N)n1. The molecule has 17 heavy (non-hydrogen) atoms. The van der Waals surface area contributed by atoms with Gasteiger partial charge >= 0.3 is 0 Å². The van der Waals surface area contributed by atoms with Gasteiger partial charge < -0.3 is 5.73 Å². The predicted octanol–water partition coefficient (Wildman–Crippen LogP) is 2.18. The van der Waals surface area contributed by atoms with Gasteiger partial charge in [-0.3, -0.25) is 0 Å². The van der Waals surface area contributed by atoms with Gasteiger partial charge in [-0.2, -0.15) is 5.10 Å². The van der Waals surface area contributed by atoms with Gasteiger partial charge in [0.1, 0.15) is 5.69 Å². The number of nitrogens with zero attached hydrogens (tertiary/aromatic N) is 4. The van der Waals surface area contributed by atoms with Crippen LogP contribution in [0, 0.1) is 0 Å². The summed E-state index contributed by atoms with van der Waals surface area (Å²) in [6.07, 6.45) is 5.01. The molecule has 0 amide bonds. The molecule has 0 radical (unpaired) electrons. The van der Waals surface area contributed by atoms with Crippen molar-refractivity contribution in [1.29, 1.82) is 0 Å². The Morgan fingerprint density at radius 2 is 2.12 bits per heavy atom. The molecule has 1 saturated carbocycles. The summed E-state index contributed by atoms with van der Waals surface area (Å²) < 4.78 is 1.81. The third-order valence-electron chi connectivity index (χ3n) is 3.25. The summed E-state index contributed by atoms with van der Waals surface area (Å²) in [6.45, 7) is 0. The number of aryl methyl sites for hydroxylation is 1. The van der Waals surface area contributed by atoms with Crippen LogP contribution in [0.3, 0.4) is 0 Å². The minimum atomic E-state index is 0.533. The Morgan fingerprint density at radius 1 is 1.35 bits per heavy atom. The third-order valence-corrected chi connectivity index (χ3v) is 3.92.